The smallest absolute Gasteiger partial charge is 0.167 e. The summed E-state index contributed by atoms with van der Waals surface area (Å²) in [5.74, 6) is 1.90. The maximum absolute atomic E-state index is 12.8. The Morgan fingerprint density at radius 3 is 2.79 bits per heavy atom. The molecule has 3 aliphatic carbocycles. The van der Waals surface area contributed by atoms with Crippen LogP contribution in [0.25, 0.3) is 5.57 Å². The molecule has 2 nitrogen and oxygen atoms in total. The minimum absolute atomic E-state index is 0.0745. The largest absolute Gasteiger partial charge is 0.511 e. The van der Waals surface area contributed by atoms with Crippen molar-refractivity contribution in [3.8, 4) is 0 Å². The van der Waals surface area contributed by atoms with Crippen molar-refractivity contribution < 1.29 is 9.90 Å². The van der Waals surface area contributed by atoms with Crippen LogP contribution in [0.5, 0.6) is 0 Å². The van der Waals surface area contributed by atoms with E-state index in [1.807, 2.05) is 19.1 Å². The number of carbonyl (C=O) groups excluding carboxylic acids is 1. The standard InChI is InChI=1S/C20H22BrClO2/c1-11-7-15(21)16(22)8-14(11)18-17(23)10-20(19(18)24)6-5-12-3-2-4-13(12)9-20/h7-8,12-13,24H,2-6,9-10H2,1H3. The van der Waals surface area contributed by atoms with E-state index in [1.54, 1.807) is 0 Å². The molecule has 3 atom stereocenters. The lowest BCUT2D eigenvalue weighted by Gasteiger charge is -2.39. The van der Waals surface area contributed by atoms with Gasteiger partial charge in [-0.15, -0.1) is 0 Å². The Labute approximate surface area is 156 Å². The van der Waals surface area contributed by atoms with E-state index in [-0.39, 0.29) is 11.2 Å². The number of aryl methyl sites for hydroxylation is 1. The maximum atomic E-state index is 12.8. The molecule has 3 aliphatic rings. The predicted octanol–water partition coefficient (Wildman–Crippen LogP) is 6.24. The molecule has 0 saturated heterocycles. The summed E-state index contributed by atoms with van der Waals surface area (Å²) in [7, 11) is 0. The summed E-state index contributed by atoms with van der Waals surface area (Å²) in [4.78, 5) is 12.8. The number of aliphatic hydroxyl groups excluding tert-OH is 1. The molecule has 0 aromatic heterocycles. The van der Waals surface area contributed by atoms with Crippen LogP contribution >= 0.6 is 27.5 Å². The first-order chi connectivity index (χ1) is 11.4. The second-order valence-electron chi connectivity index (χ2n) is 7.88. The second-order valence-corrected chi connectivity index (χ2v) is 9.14. The Balaban J connectivity index is 1.77. The summed E-state index contributed by atoms with van der Waals surface area (Å²) in [6, 6.07) is 3.73. The monoisotopic (exact) mass is 408 g/mol. The number of halogens is 2. The average Bonchev–Trinajstić information content (AvgIpc) is 3.07. The molecule has 24 heavy (non-hydrogen) atoms. The molecule has 1 N–H and O–H groups in total. The number of carbonyl (C=O) groups is 1. The number of fused-ring (bicyclic) bond motifs is 1. The number of aliphatic hydroxyl groups is 1. The third kappa shape index (κ3) is 2.47. The Morgan fingerprint density at radius 2 is 2.00 bits per heavy atom. The number of Topliss-reactive ketones (excluding diaryl/α,β-unsaturated/α-hetero) is 1. The zero-order valence-electron chi connectivity index (χ0n) is 13.9. The first-order valence-electron chi connectivity index (χ1n) is 8.84. The normalized spacial score (nSPS) is 32.7. The van der Waals surface area contributed by atoms with Crippen LogP contribution in [0.2, 0.25) is 5.02 Å². The summed E-state index contributed by atoms with van der Waals surface area (Å²) in [5, 5.41) is 11.7. The van der Waals surface area contributed by atoms with E-state index >= 15 is 0 Å². The van der Waals surface area contributed by atoms with Gasteiger partial charge in [0.1, 0.15) is 5.76 Å². The van der Waals surface area contributed by atoms with Crippen molar-refractivity contribution in [2.45, 2.75) is 51.9 Å². The SMILES string of the molecule is Cc1cc(Br)c(Cl)cc1C1=C(O)C2(CCC3CCCC3C2)CC1=O. The summed E-state index contributed by atoms with van der Waals surface area (Å²) < 4.78 is 0.817. The fraction of sp³-hybridized carbons (Fsp3) is 0.550. The highest BCUT2D eigenvalue weighted by molar-refractivity contribution is 9.10. The lowest BCUT2D eigenvalue weighted by molar-refractivity contribution is -0.115. The van der Waals surface area contributed by atoms with Gasteiger partial charge in [0.2, 0.25) is 0 Å². The Kier molecular flexibility index (Phi) is 4.08. The quantitative estimate of drug-likeness (QED) is 0.596. The van der Waals surface area contributed by atoms with Crippen LogP contribution < -0.4 is 0 Å². The summed E-state index contributed by atoms with van der Waals surface area (Å²) >= 11 is 9.67. The number of hydrogen-bond donors (Lipinski definition) is 1. The fourth-order valence-electron chi connectivity index (χ4n) is 5.27. The second kappa shape index (κ2) is 5.88. The third-order valence-corrected chi connectivity index (χ3v) is 7.71. The molecule has 0 bridgehead atoms. The van der Waals surface area contributed by atoms with Crippen LogP contribution in [0, 0.1) is 24.2 Å². The van der Waals surface area contributed by atoms with E-state index in [4.69, 9.17) is 11.6 Å². The van der Waals surface area contributed by atoms with Crippen LogP contribution in [-0.4, -0.2) is 10.9 Å². The molecule has 1 spiro atoms. The van der Waals surface area contributed by atoms with Crippen molar-refractivity contribution in [1.82, 2.24) is 0 Å². The first kappa shape index (κ1) is 16.7. The van der Waals surface area contributed by atoms with Gasteiger partial charge in [0.25, 0.3) is 0 Å². The van der Waals surface area contributed by atoms with Gasteiger partial charge in [0.15, 0.2) is 5.78 Å². The van der Waals surface area contributed by atoms with Gasteiger partial charge in [-0.25, -0.2) is 0 Å². The van der Waals surface area contributed by atoms with Crippen molar-refractivity contribution in [2.24, 2.45) is 17.3 Å². The maximum Gasteiger partial charge on any atom is 0.167 e. The molecule has 0 amide bonds. The van der Waals surface area contributed by atoms with Gasteiger partial charge in [-0.2, -0.15) is 0 Å². The molecule has 2 fully saturated rings. The topological polar surface area (TPSA) is 37.3 Å². The number of rotatable bonds is 1. The Morgan fingerprint density at radius 1 is 1.25 bits per heavy atom. The van der Waals surface area contributed by atoms with Gasteiger partial charge < -0.3 is 5.11 Å². The van der Waals surface area contributed by atoms with E-state index < -0.39 is 0 Å². The number of ketones is 1. The number of benzene rings is 1. The highest BCUT2D eigenvalue weighted by Crippen LogP contribution is 2.58. The van der Waals surface area contributed by atoms with Gasteiger partial charge in [0.05, 0.1) is 10.6 Å². The highest BCUT2D eigenvalue weighted by Gasteiger charge is 2.51. The Hall–Kier alpha value is -0.800. The van der Waals surface area contributed by atoms with E-state index in [1.165, 1.54) is 19.3 Å². The van der Waals surface area contributed by atoms with Gasteiger partial charge in [-0.05, 0) is 77.2 Å². The lowest BCUT2D eigenvalue weighted by Crippen LogP contribution is -2.32. The molecular weight excluding hydrogens is 388 g/mol. The van der Waals surface area contributed by atoms with Crippen molar-refractivity contribution in [1.29, 1.82) is 0 Å². The van der Waals surface area contributed by atoms with Crippen molar-refractivity contribution in [3.05, 3.63) is 38.5 Å². The minimum Gasteiger partial charge on any atom is -0.511 e. The summed E-state index contributed by atoms with van der Waals surface area (Å²) in [6.45, 7) is 1.96. The van der Waals surface area contributed by atoms with Gasteiger partial charge in [0, 0.05) is 16.3 Å². The van der Waals surface area contributed by atoms with E-state index in [9.17, 15) is 9.90 Å². The van der Waals surface area contributed by atoms with Crippen LogP contribution in [0.1, 0.15) is 56.1 Å². The van der Waals surface area contributed by atoms with Crippen LogP contribution in [-0.2, 0) is 4.79 Å². The van der Waals surface area contributed by atoms with Gasteiger partial charge in [-0.3, -0.25) is 4.79 Å². The summed E-state index contributed by atoms with van der Waals surface area (Å²) in [5.41, 5.74) is 1.95. The molecule has 128 valence electrons. The zero-order valence-corrected chi connectivity index (χ0v) is 16.2. The molecule has 1 aromatic rings. The van der Waals surface area contributed by atoms with E-state index in [2.05, 4.69) is 15.9 Å². The highest BCUT2D eigenvalue weighted by atomic mass is 79.9. The molecular formula is C20H22BrClO2. The van der Waals surface area contributed by atoms with Gasteiger partial charge in [-0.1, -0.05) is 30.9 Å². The van der Waals surface area contributed by atoms with Crippen molar-refractivity contribution >= 4 is 38.9 Å². The molecule has 0 radical (unpaired) electrons. The first-order valence-corrected chi connectivity index (χ1v) is 10.0. The van der Waals surface area contributed by atoms with Crippen LogP contribution in [0.4, 0.5) is 0 Å². The molecule has 4 heteroatoms. The number of hydrogen-bond acceptors (Lipinski definition) is 2. The molecule has 3 unspecified atom stereocenters. The van der Waals surface area contributed by atoms with Crippen molar-refractivity contribution in [3.63, 3.8) is 0 Å². The molecule has 0 aliphatic heterocycles. The van der Waals surface area contributed by atoms with Crippen LogP contribution in [0.3, 0.4) is 0 Å². The summed E-state index contributed by atoms with van der Waals surface area (Å²) in [6.07, 6.45) is 7.42. The van der Waals surface area contributed by atoms with Gasteiger partial charge >= 0.3 is 0 Å². The fourth-order valence-corrected chi connectivity index (χ4v) is 5.90. The third-order valence-electron chi connectivity index (χ3n) is 6.52. The van der Waals surface area contributed by atoms with Crippen molar-refractivity contribution in [2.75, 3.05) is 0 Å². The predicted molar refractivity (Wildman–Crippen MR) is 100 cm³/mol. The Bertz CT molecular complexity index is 754. The zero-order chi connectivity index (χ0) is 17.1. The number of allylic oxidation sites excluding steroid dienone is 2. The molecule has 4 rings (SSSR count). The minimum atomic E-state index is -0.316. The lowest BCUT2D eigenvalue weighted by atomic mass is 9.65. The van der Waals surface area contributed by atoms with E-state index in [0.717, 1.165) is 40.8 Å². The average molecular weight is 410 g/mol. The van der Waals surface area contributed by atoms with Crippen LogP contribution in [0.15, 0.2) is 22.4 Å². The molecule has 1 aromatic carbocycles. The molecule has 0 heterocycles. The van der Waals surface area contributed by atoms with E-state index in [0.29, 0.717) is 28.7 Å². The molecule has 2 saturated carbocycles.